The molecule has 1 amide bonds. The fourth-order valence-electron chi connectivity index (χ4n) is 2.51. The van der Waals surface area contributed by atoms with Crippen molar-refractivity contribution in [3.8, 4) is 17.2 Å². The number of carboxylic acids is 1. The van der Waals surface area contributed by atoms with Crippen LogP contribution in [0.15, 0.2) is 12.1 Å². The lowest BCUT2D eigenvalue weighted by Gasteiger charge is -2.25. The van der Waals surface area contributed by atoms with Crippen LogP contribution < -0.4 is 14.2 Å². The third-order valence-electron chi connectivity index (χ3n) is 3.89. The lowest BCUT2D eigenvalue weighted by atomic mass is 10.0. The average Bonchev–Trinajstić information content (AvgIpc) is 2.62. The Labute approximate surface area is 152 Å². The summed E-state index contributed by atoms with van der Waals surface area (Å²) in [5.74, 6) is -2.16. The van der Waals surface area contributed by atoms with E-state index < -0.39 is 23.7 Å². The Bertz CT molecular complexity index is 659. The topological polar surface area (TPSA) is 102 Å². The van der Waals surface area contributed by atoms with Crippen molar-refractivity contribution in [2.24, 2.45) is 5.92 Å². The molecule has 8 nitrogen and oxygen atoms in total. The minimum atomic E-state index is -1.16. The Hall–Kier alpha value is -2.77. The van der Waals surface area contributed by atoms with Crippen molar-refractivity contribution in [2.75, 3.05) is 28.4 Å². The molecule has 0 spiro atoms. The molecule has 0 saturated carbocycles. The minimum Gasteiger partial charge on any atom is -0.493 e. The molecule has 1 aromatic rings. The van der Waals surface area contributed by atoms with Crippen LogP contribution in [-0.4, -0.2) is 62.1 Å². The summed E-state index contributed by atoms with van der Waals surface area (Å²) in [7, 11) is 5.51. The average molecular weight is 367 g/mol. The molecule has 1 aromatic carbocycles. The second-order valence-electron chi connectivity index (χ2n) is 6.14. The monoisotopic (exact) mass is 367 g/mol. The normalized spacial score (nSPS) is 11.7. The SMILES string of the molecule is COc1cc(C(=O)C(=O)N(C)[C@@H](CC(C)C)C(=O)O)cc(OC)c1OC. The minimum absolute atomic E-state index is 0.0186. The summed E-state index contributed by atoms with van der Waals surface area (Å²) in [5.41, 5.74) is 0.0186. The summed E-state index contributed by atoms with van der Waals surface area (Å²) in [6.45, 7) is 3.69. The highest BCUT2D eigenvalue weighted by atomic mass is 16.5. The number of aliphatic carboxylic acids is 1. The van der Waals surface area contributed by atoms with Crippen molar-refractivity contribution in [1.29, 1.82) is 0 Å². The predicted octanol–water partition coefficient (Wildman–Crippen LogP) is 1.85. The molecule has 0 bridgehead atoms. The highest BCUT2D eigenvalue weighted by Crippen LogP contribution is 2.38. The molecular weight excluding hydrogens is 342 g/mol. The molecule has 0 radical (unpaired) electrons. The van der Waals surface area contributed by atoms with Gasteiger partial charge in [0.2, 0.25) is 5.75 Å². The van der Waals surface area contributed by atoms with Crippen LogP contribution in [0.3, 0.4) is 0 Å². The number of Topliss-reactive ketones (excluding diaryl/α,β-unsaturated/α-hetero) is 1. The van der Waals surface area contributed by atoms with Gasteiger partial charge in [-0.1, -0.05) is 13.8 Å². The van der Waals surface area contributed by atoms with Gasteiger partial charge in [-0.2, -0.15) is 0 Å². The van der Waals surface area contributed by atoms with Crippen LogP contribution in [0.1, 0.15) is 30.6 Å². The van der Waals surface area contributed by atoms with E-state index in [0.29, 0.717) is 0 Å². The van der Waals surface area contributed by atoms with Gasteiger partial charge in [-0.05, 0) is 24.5 Å². The molecular formula is C18H25NO7. The lowest BCUT2D eigenvalue weighted by molar-refractivity contribution is -0.148. The molecule has 26 heavy (non-hydrogen) atoms. The number of hydrogen-bond donors (Lipinski definition) is 1. The number of ether oxygens (including phenoxy) is 3. The van der Waals surface area contributed by atoms with E-state index in [2.05, 4.69) is 0 Å². The zero-order chi connectivity index (χ0) is 20.0. The van der Waals surface area contributed by atoms with Crippen LogP contribution in [-0.2, 0) is 9.59 Å². The molecule has 0 aliphatic heterocycles. The number of carbonyl (C=O) groups is 3. The first kappa shape index (κ1) is 21.3. The number of amides is 1. The molecule has 0 saturated heterocycles. The third-order valence-corrected chi connectivity index (χ3v) is 3.89. The van der Waals surface area contributed by atoms with E-state index in [9.17, 15) is 19.5 Å². The molecule has 0 fully saturated rings. The van der Waals surface area contributed by atoms with Gasteiger partial charge in [0.05, 0.1) is 21.3 Å². The quantitative estimate of drug-likeness (QED) is 0.525. The Morgan fingerprint density at radius 3 is 1.88 bits per heavy atom. The van der Waals surface area contributed by atoms with Crippen LogP contribution in [0.4, 0.5) is 0 Å². The number of carbonyl (C=O) groups excluding carboxylic acids is 2. The summed E-state index contributed by atoms with van der Waals surface area (Å²) in [5, 5.41) is 9.36. The van der Waals surface area contributed by atoms with Crippen molar-refractivity contribution >= 4 is 17.7 Å². The van der Waals surface area contributed by atoms with Gasteiger partial charge >= 0.3 is 5.97 Å². The molecule has 0 aliphatic rings. The number of likely N-dealkylation sites (N-methyl/N-ethyl adjacent to an activating group) is 1. The van der Waals surface area contributed by atoms with Crippen LogP contribution >= 0.6 is 0 Å². The number of carboxylic acid groups (broad SMARTS) is 1. The van der Waals surface area contributed by atoms with Gasteiger partial charge in [0.15, 0.2) is 11.5 Å². The van der Waals surface area contributed by atoms with Gasteiger partial charge in [0.25, 0.3) is 11.7 Å². The number of ketones is 1. The largest absolute Gasteiger partial charge is 0.493 e. The predicted molar refractivity (Wildman–Crippen MR) is 94.1 cm³/mol. The van der Waals surface area contributed by atoms with Crippen molar-refractivity contribution in [3.05, 3.63) is 17.7 Å². The number of methoxy groups -OCH3 is 3. The standard InChI is InChI=1S/C18H25NO7/c1-10(2)7-12(18(22)23)19(3)17(21)15(20)11-8-13(24-4)16(26-6)14(9-11)25-5/h8-10,12H,7H2,1-6H3,(H,22,23)/t12-/m0/s1. The number of benzene rings is 1. The summed E-state index contributed by atoms with van der Waals surface area (Å²) in [6.07, 6.45) is 0.236. The maximum Gasteiger partial charge on any atom is 0.326 e. The van der Waals surface area contributed by atoms with Crippen molar-refractivity contribution < 1.29 is 33.7 Å². The van der Waals surface area contributed by atoms with Gasteiger partial charge in [-0.15, -0.1) is 0 Å². The summed E-state index contributed by atoms with van der Waals surface area (Å²) in [4.78, 5) is 37.5. The molecule has 0 aromatic heterocycles. The molecule has 1 rings (SSSR count). The van der Waals surface area contributed by atoms with Gasteiger partial charge in [-0.25, -0.2) is 4.79 Å². The molecule has 8 heteroatoms. The van der Waals surface area contributed by atoms with Gasteiger partial charge < -0.3 is 24.2 Å². The zero-order valence-electron chi connectivity index (χ0n) is 15.9. The van der Waals surface area contributed by atoms with E-state index >= 15 is 0 Å². The van der Waals surface area contributed by atoms with Crippen LogP contribution in [0.25, 0.3) is 0 Å². The summed E-state index contributed by atoms with van der Waals surface area (Å²) < 4.78 is 15.5. The number of nitrogens with zero attached hydrogens (tertiary/aromatic N) is 1. The van der Waals surface area contributed by atoms with E-state index in [-0.39, 0.29) is 35.2 Å². The lowest BCUT2D eigenvalue weighted by Crippen LogP contribution is -2.46. The third kappa shape index (κ3) is 4.65. The molecule has 0 unspecified atom stereocenters. The molecule has 0 aliphatic carbocycles. The molecule has 0 heterocycles. The van der Waals surface area contributed by atoms with Crippen molar-refractivity contribution in [3.63, 3.8) is 0 Å². The first-order valence-corrected chi connectivity index (χ1v) is 8.02. The number of hydrogen-bond acceptors (Lipinski definition) is 6. The van der Waals surface area contributed by atoms with E-state index in [1.54, 1.807) is 0 Å². The Morgan fingerprint density at radius 2 is 1.54 bits per heavy atom. The molecule has 1 N–H and O–H groups in total. The highest BCUT2D eigenvalue weighted by molar-refractivity contribution is 6.43. The first-order valence-electron chi connectivity index (χ1n) is 8.02. The van der Waals surface area contributed by atoms with E-state index in [1.807, 2.05) is 13.8 Å². The van der Waals surface area contributed by atoms with Crippen LogP contribution in [0.2, 0.25) is 0 Å². The van der Waals surface area contributed by atoms with E-state index in [0.717, 1.165) is 4.90 Å². The van der Waals surface area contributed by atoms with Crippen molar-refractivity contribution in [2.45, 2.75) is 26.3 Å². The fourth-order valence-corrected chi connectivity index (χ4v) is 2.51. The maximum atomic E-state index is 12.6. The smallest absolute Gasteiger partial charge is 0.326 e. The summed E-state index contributed by atoms with van der Waals surface area (Å²) >= 11 is 0. The first-order chi connectivity index (χ1) is 12.2. The van der Waals surface area contributed by atoms with E-state index in [1.165, 1.54) is 40.5 Å². The Balaban J connectivity index is 3.22. The Morgan fingerprint density at radius 1 is 1.04 bits per heavy atom. The maximum absolute atomic E-state index is 12.6. The summed E-state index contributed by atoms with van der Waals surface area (Å²) in [6, 6.07) is 1.62. The fraction of sp³-hybridized carbons (Fsp3) is 0.500. The Kier molecular flexibility index (Phi) is 7.42. The van der Waals surface area contributed by atoms with Gasteiger partial charge in [-0.3, -0.25) is 9.59 Å². The zero-order valence-corrected chi connectivity index (χ0v) is 15.9. The molecule has 1 atom stereocenters. The second kappa shape index (κ2) is 9.07. The second-order valence-corrected chi connectivity index (χ2v) is 6.14. The van der Waals surface area contributed by atoms with E-state index in [4.69, 9.17) is 14.2 Å². The number of rotatable bonds is 9. The van der Waals surface area contributed by atoms with Crippen LogP contribution in [0, 0.1) is 5.92 Å². The highest BCUT2D eigenvalue weighted by Gasteiger charge is 2.32. The van der Waals surface area contributed by atoms with Gasteiger partial charge in [0, 0.05) is 12.6 Å². The van der Waals surface area contributed by atoms with Crippen molar-refractivity contribution in [1.82, 2.24) is 4.90 Å². The molecule has 144 valence electrons. The van der Waals surface area contributed by atoms with Crippen LogP contribution in [0.5, 0.6) is 17.2 Å². The van der Waals surface area contributed by atoms with Gasteiger partial charge in [0.1, 0.15) is 6.04 Å².